The van der Waals surface area contributed by atoms with Crippen LogP contribution < -0.4 is 0 Å². The van der Waals surface area contributed by atoms with Crippen molar-refractivity contribution in [1.82, 2.24) is 0 Å². The van der Waals surface area contributed by atoms with Crippen molar-refractivity contribution in [2.24, 2.45) is 21.4 Å². The Labute approximate surface area is 99.4 Å². The summed E-state index contributed by atoms with van der Waals surface area (Å²) in [5.41, 5.74) is 2.30. The number of carbonyl (C=O) groups is 1. The minimum atomic E-state index is -0.578. The highest BCUT2D eigenvalue weighted by molar-refractivity contribution is 6.04. The van der Waals surface area contributed by atoms with Gasteiger partial charge in [-0.05, 0) is 29.7 Å². The molecule has 1 aromatic carbocycles. The third kappa shape index (κ3) is 1.37. The maximum Gasteiger partial charge on any atom is 0.166 e. The highest BCUT2D eigenvalue weighted by Gasteiger charge is 2.37. The van der Waals surface area contributed by atoms with Gasteiger partial charge in [-0.15, -0.1) is 5.10 Å². The van der Waals surface area contributed by atoms with Gasteiger partial charge >= 0.3 is 0 Å². The number of Topliss-reactive ketones (excluding diaryl/α,β-unsaturated/α-hetero) is 1. The molecule has 3 rings (SSSR count). The van der Waals surface area contributed by atoms with E-state index in [9.17, 15) is 4.79 Å². The van der Waals surface area contributed by atoms with Gasteiger partial charge in [0.2, 0.25) is 0 Å². The van der Waals surface area contributed by atoms with Gasteiger partial charge in [0.1, 0.15) is 5.54 Å². The van der Waals surface area contributed by atoms with Crippen LogP contribution in [0.15, 0.2) is 33.6 Å². The van der Waals surface area contributed by atoms with Gasteiger partial charge in [-0.25, -0.2) is 0 Å². The Bertz CT molecular complexity index is 548. The Balaban J connectivity index is 2.21. The minimum absolute atomic E-state index is 0.0741. The minimum Gasteiger partial charge on any atom is -0.294 e. The summed E-state index contributed by atoms with van der Waals surface area (Å²) < 4.78 is 0. The van der Waals surface area contributed by atoms with Crippen LogP contribution in [0.4, 0.5) is 0 Å². The summed E-state index contributed by atoms with van der Waals surface area (Å²) in [5.74, 6) is 0.289. The number of ketones is 1. The van der Waals surface area contributed by atoms with Crippen LogP contribution in [-0.2, 0) is 12.0 Å². The second-order valence-electron chi connectivity index (χ2n) is 4.89. The lowest BCUT2D eigenvalue weighted by molar-refractivity contribution is 0.0945. The highest BCUT2D eigenvalue weighted by atomic mass is 16.1. The summed E-state index contributed by atoms with van der Waals surface area (Å²) in [5, 5.41) is 11.6. The zero-order valence-corrected chi connectivity index (χ0v) is 9.84. The van der Waals surface area contributed by atoms with E-state index >= 15 is 0 Å². The van der Waals surface area contributed by atoms with Crippen molar-refractivity contribution >= 4 is 12.0 Å². The number of benzene rings is 1. The Morgan fingerprint density at radius 1 is 1.41 bits per heavy atom. The van der Waals surface area contributed by atoms with E-state index in [2.05, 4.69) is 15.4 Å². The molecule has 2 aliphatic rings. The molecule has 0 aromatic heterocycles. The molecule has 4 nitrogen and oxygen atoms in total. The fourth-order valence-corrected chi connectivity index (χ4v) is 2.56. The summed E-state index contributed by atoms with van der Waals surface area (Å²) in [6, 6.07) is 5.95. The Morgan fingerprint density at radius 2 is 2.24 bits per heavy atom. The van der Waals surface area contributed by atoms with E-state index in [4.69, 9.17) is 0 Å². The normalized spacial score (nSPS) is 30.0. The van der Waals surface area contributed by atoms with Crippen LogP contribution in [0.3, 0.4) is 0 Å². The second kappa shape index (κ2) is 3.32. The molecule has 1 aliphatic heterocycles. The van der Waals surface area contributed by atoms with Crippen molar-refractivity contribution < 1.29 is 4.79 Å². The van der Waals surface area contributed by atoms with Crippen LogP contribution in [0.2, 0.25) is 0 Å². The molecule has 0 saturated heterocycles. The molecule has 0 spiro atoms. The molecule has 17 heavy (non-hydrogen) atoms. The molecule has 0 amide bonds. The van der Waals surface area contributed by atoms with Gasteiger partial charge in [0, 0.05) is 11.5 Å². The third-order valence-corrected chi connectivity index (χ3v) is 3.53. The maximum atomic E-state index is 12.2. The molecule has 86 valence electrons. The molecule has 0 radical (unpaired) electrons. The van der Waals surface area contributed by atoms with Gasteiger partial charge in [0.05, 0.1) is 6.21 Å². The van der Waals surface area contributed by atoms with Crippen LogP contribution in [0.5, 0.6) is 0 Å². The predicted molar refractivity (Wildman–Crippen MR) is 64.3 cm³/mol. The van der Waals surface area contributed by atoms with Gasteiger partial charge in [-0.2, -0.15) is 5.11 Å². The van der Waals surface area contributed by atoms with Crippen molar-refractivity contribution in [3.63, 3.8) is 0 Å². The standard InChI is InChI=1S/C13H13N3O/c1-8-6-9-4-3-5-10(11(9)12(8)17)13(2)7-14-16-15-13/h3-5,7-8H,6H2,1-2H3. The Morgan fingerprint density at radius 3 is 2.94 bits per heavy atom. The van der Waals surface area contributed by atoms with Gasteiger partial charge in [-0.1, -0.05) is 25.1 Å². The van der Waals surface area contributed by atoms with E-state index in [0.29, 0.717) is 0 Å². The van der Waals surface area contributed by atoms with Crippen LogP contribution >= 0.6 is 0 Å². The molecule has 1 aromatic rings. The summed E-state index contributed by atoms with van der Waals surface area (Å²) in [4.78, 5) is 12.2. The zero-order valence-electron chi connectivity index (χ0n) is 9.84. The van der Waals surface area contributed by atoms with Crippen LogP contribution in [-0.4, -0.2) is 12.0 Å². The van der Waals surface area contributed by atoms with E-state index in [1.807, 2.05) is 32.0 Å². The molecule has 0 bridgehead atoms. The molecular weight excluding hydrogens is 214 g/mol. The first-order valence-electron chi connectivity index (χ1n) is 5.75. The Hall–Kier alpha value is -1.84. The summed E-state index contributed by atoms with van der Waals surface area (Å²) >= 11 is 0. The second-order valence-corrected chi connectivity index (χ2v) is 4.89. The van der Waals surface area contributed by atoms with Crippen LogP contribution in [0.25, 0.3) is 0 Å². The monoisotopic (exact) mass is 227 g/mol. The van der Waals surface area contributed by atoms with E-state index in [0.717, 1.165) is 23.1 Å². The lowest BCUT2D eigenvalue weighted by atomic mass is 9.88. The van der Waals surface area contributed by atoms with Crippen molar-refractivity contribution in [3.8, 4) is 0 Å². The van der Waals surface area contributed by atoms with Gasteiger partial charge in [-0.3, -0.25) is 4.79 Å². The lowest BCUT2D eigenvalue weighted by Crippen LogP contribution is -2.22. The molecule has 0 fully saturated rings. The maximum absolute atomic E-state index is 12.2. The molecule has 2 unspecified atom stereocenters. The summed E-state index contributed by atoms with van der Waals surface area (Å²) in [6.07, 6.45) is 2.52. The zero-order chi connectivity index (χ0) is 12.0. The average molecular weight is 227 g/mol. The fraction of sp³-hybridized carbons (Fsp3) is 0.385. The van der Waals surface area contributed by atoms with Crippen molar-refractivity contribution in [2.45, 2.75) is 25.8 Å². The first-order chi connectivity index (χ1) is 8.12. The lowest BCUT2D eigenvalue weighted by Gasteiger charge is -2.18. The summed E-state index contributed by atoms with van der Waals surface area (Å²) in [7, 11) is 0. The van der Waals surface area contributed by atoms with Crippen molar-refractivity contribution in [3.05, 3.63) is 34.9 Å². The number of hydrogen-bond acceptors (Lipinski definition) is 4. The van der Waals surface area contributed by atoms with Gasteiger partial charge < -0.3 is 0 Å². The number of rotatable bonds is 1. The molecule has 2 atom stereocenters. The quantitative estimate of drug-likeness (QED) is 0.727. The van der Waals surface area contributed by atoms with E-state index in [-0.39, 0.29) is 11.7 Å². The number of nitrogens with zero attached hydrogens (tertiary/aromatic N) is 3. The number of hydrogen-bond donors (Lipinski definition) is 0. The number of fused-ring (bicyclic) bond motifs is 1. The number of carbonyl (C=O) groups excluding carboxylic acids is 1. The van der Waals surface area contributed by atoms with E-state index in [1.54, 1.807) is 6.21 Å². The summed E-state index contributed by atoms with van der Waals surface area (Å²) in [6.45, 7) is 3.90. The van der Waals surface area contributed by atoms with Crippen LogP contribution in [0.1, 0.15) is 35.3 Å². The SMILES string of the molecule is CC1Cc2cccc(C3(C)C=NN=N3)c2C1=O. The van der Waals surface area contributed by atoms with E-state index in [1.165, 1.54) is 0 Å². The van der Waals surface area contributed by atoms with Crippen LogP contribution in [0, 0.1) is 5.92 Å². The molecule has 0 saturated carbocycles. The first kappa shape index (κ1) is 10.3. The molecule has 1 aliphatic carbocycles. The van der Waals surface area contributed by atoms with Gasteiger partial charge in [0.15, 0.2) is 5.78 Å². The van der Waals surface area contributed by atoms with Gasteiger partial charge in [0.25, 0.3) is 0 Å². The van der Waals surface area contributed by atoms with Crippen molar-refractivity contribution in [2.75, 3.05) is 0 Å². The van der Waals surface area contributed by atoms with E-state index < -0.39 is 5.54 Å². The Kier molecular flexibility index (Phi) is 2.02. The smallest absolute Gasteiger partial charge is 0.166 e. The van der Waals surface area contributed by atoms with Crippen molar-refractivity contribution in [1.29, 1.82) is 0 Å². The third-order valence-electron chi connectivity index (χ3n) is 3.53. The largest absolute Gasteiger partial charge is 0.294 e. The predicted octanol–water partition coefficient (Wildman–Crippen LogP) is 2.73. The molecule has 0 N–H and O–H groups in total. The fourth-order valence-electron chi connectivity index (χ4n) is 2.56. The molecule has 1 heterocycles. The topological polar surface area (TPSA) is 54.1 Å². The molecule has 4 heteroatoms. The first-order valence-corrected chi connectivity index (χ1v) is 5.75. The average Bonchev–Trinajstić information content (AvgIpc) is 2.86. The molecular formula is C13H13N3O. The highest BCUT2D eigenvalue weighted by Crippen LogP contribution is 2.37.